The van der Waals surface area contributed by atoms with Gasteiger partial charge in [0.15, 0.2) is 0 Å². The molecular formula is C11H15N5O2. The summed E-state index contributed by atoms with van der Waals surface area (Å²) >= 11 is 0. The number of rotatable bonds is 2. The standard InChI is InChI=1S/C11H15N5O2/c1-6-5-18-10(12-6)14-8(17)7-13-9(16-15-7)11(2,3)4/h5H,1-4H3,(H,12,14,17)(H,13,15,16). The van der Waals surface area contributed by atoms with Crippen molar-refractivity contribution in [2.45, 2.75) is 33.1 Å². The summed E-state index contributed by atoms with van der Waals surface area (Å²) in [4.78, 5) is 19.9. The van der Waals surface area contributed by atoms with E-state index in [0.717, 1.165) is 0 Å². The van der Waals surface area contributed by atoms with E-state index in [1.807, 2.05) is 20.8 Å². The van der Waals surface area contributed by atoms with Gasteiger partial charge in [0.2, 0.25) is 5.82 Å². The number of hydrogen-bond acceptors (Lipinski definition) is 5. The Morgan fingerprint density at radius 3 is 2.61 bits per heavy atom. The first-order chi connectivity index (χ1) is 8.36. The monoisotopic (exact) mass is 249 g/mol. The maximum atomic E-state index is 11.8. The summed E-state index contributed by atoms with van der Waals surface area (Å²) in [6.07, 6.45) is 1.45. The number of anilines is 1. The second kappa shape index (κ2) is 4.25. The fourth-order valence-corrected chi connectivity index (χ4v) is 1.26. The number of nitrogens with one attached hydrogen (secondary N) is 2. The van der Waals surface area contributed by atoms with Crippen molar-refractivity contribution in [3.63, 3.8) is 0 Å². The van der Waals surface area contributed by atoms with Crippen LogP contribution in [0.4, 0.5) is 6.01 Å². The van der Waals surface area contributed by atoms with Crippen LogP contribution in [-0.2, 0) is 5.41 Å². The number of aromatic nitrogens is 4. The van der Waals surface area contributed by atoms with E-state index in [1.165, 1.54) is 6.26 Å². The van der Waals surface area contributed by atoms with Crippen molar-refractivity contribution in [3.05, 3.63) is 23.6 Å². The van der Waals surface area contributed by atoms with Gasteiger partial charge in [-0.25, -0.2) is 4.98 Å². The molecule has 0 bridgehead atoms. The molecule has 0 radical (unpaired) electrons. The fourth-order valence-electron chi connectivity index (χ4n) is 1.26. The topological polar surface area (TPSA) is 96.7 Å². The molecule has 7 heteroatoms. The van der Waals surface area contributed by atoms with E-state index in [2.05, 4.69) is 25.5 Å². The molecule has 2 rings (SSSR count). The minimum atomic E-state index is -0.455. The Bertz CT molecular complexity index is 564. The Labute approximate surface area is 104 Å². The second-order valence-corrected chi connectivity index (χ2v) is 5.01. The number of aryl methyl sites for hydroxylation is 1. The lowest BCUT2D eigenvalue weighted by Gasteiger charge is -2.12. The van der Waals surface area contributed by atoms with Crippen LogP contribution in [0.3, 0.4) is 0 Å². The van der Waals surface area contributed by atoms with Gasteiger partial charge >= 0.3 is 6.01 Å². The maximum absolute atomic E-state index is 11.8. The third kappa shape index (κ3) is 2.55. The molecule has 2 aromatic rings. The van der Waals surface area contributed by atoms with Gasteiger partial charge in [-0.05, 0) is 6.92 Å². The SMILES string of the molecule is Cc1coc(NC(=O)c2n[nH]c(C(C)(C)C)n2)n1. The third-order valence-electron chi connectivity index (χ3n) is 2.24. The molecule has 0 aromatic carbocycles. The van der Waals surface area contributed by atoms with Crippen molar-refractivity contribution in [2.24, 2.45) is 0 Å². The normalized spacial score (nSPS) is 11.6. The molecule has 0 unspecified atom stereocenters. The predicted octanol–water partition coefficient (Wildman–Crippen LogP) is 1.65. The zero-order valence-corrected chi connectivity index (χ0v) is 10.7. The predicted molar refractivity (Wildman–Crippen MR) is 64.3 cm³/mol. The van der Waals surface area contributed by atoms with Crippen LogP contribution in [-0.4, -0.2) is 26.1 Å². The highest BCUT2D eigenvalue weighted by atomic mass is 16.4. The van der Waals surface area contributed by atoms with Crippen LogP contribution in [0.2, 0.25) is 0 Å². The van der Waals surface area contributed by atoms with Gasteiger partial charge in [-0.15, -0.1) is 5.10 Å². The Hall–Kier alpha value is -2.18. The highest BCUT2D eigenvalue weighted by Gasteiger charge is 2.21. The van der Waals surface area contributed by atoms with Gasteiger partial charge in [0, 0.05) is 5.41 Å². The van der Waals surface area contributed by atoms with E-state index >= 15 is 0 Å². The highest BCUT2D eigenvalue weighted by molar-refractivity contribution is 6.00. The summed E-state index contributed by atoms with van der Waals surface area (Å²) in [5.41, 5.74) is 0.501. The summed E-state index contributed by atoms with van der Waals surface area (Å²) in [5, 5.41) is 9.09. The summed E-state index contributed by atoms with van der Waals surface area (Å²) in [6.45, 7) is 7.70. The van der Waals surface area contributed by atoms with Crippen LogP contribution >= 0.6 is 0 Å². The molecule has 2 N–H and O–H groups in total. The molecule has 18 heavy (non-hydrogen) atoms. The van der Waals surface area contributed by atoms with Gasteiger partial charge in [0.05, 0.1) is 5.69 Å². The van der Waals surface area contributed by atoms with Crippen LogP contribution < -0.4 is 5.32 Å². The highest BCUT2D eigenvalue weighted by Crippen LogP contribution is 2.17. The smallest absolute Gasteiger partial charge is 0.301 e. The molecule has 2 heterocycles. The molecule has 7 nitrogen and oxygen atoms in total. The molecular weight excluding hydrogens is 234 g/mol. The number of carbonyl (C=O) groups excluding carboxylic acids is 1. The number of amides is 1. The van der Waals surface area contributed by atoms with Crippen LogP contribution in [0.25, 0.3) is 0 Å². The van der Waals surface area contributed by atoms with Gasteiger partial charge < -0.3 is 4.42 Å². The van der Waals surface area contributed by atoms with E-state index in [-0.39, 0.29) is 17.3 Å². The van der Waals surface area contributed by atoms with E-state index in [9.17, 15) is 4.79 Å². The molecule has 1 amide bonds. The second-order valence-electron chi connectivity index (χ2n) is 5.01. The number of H-pyrrole nitrogens is 1. The number of aromatic amines is 1. The summed E-state index contributed by atoms with van der Waals surface area (Å²) in [6, 6.07) is 0.139. The lowest BCUT2D eigenvalue weighted by atomic mass is 9.96. The van der Waals surface area contributed by atoms with Crippen molar-refractivity contribution in [2.75, 3.05) is 5.32 Å². The molecule has 0 aliphatic heterocycles. The lowest BCUT2D eigenvalue weighted by molar-refractivity contribution is 0.101. The molecule has 96 valence electrons. The maximum Gasteiger partial charge on any atom is 0.301 e. The Kier molecular flexibility index (Phi) is 2.90. The van der Waals surface area contributed by atoms with Crippen molar-refractivity contribution in [1.82, 2.24) is 20.2 Å². The molecule has 0 fully saturated rings. The fraction of sp³-hybridized carbons (Fsp3) is 0.455. The van der Waals surface area contributed by atoms with Crippen LogP contribution in [0.15, 0.2) is 10.7 Å². The molecule has 0 aliphatic rings. The summed E-state index contributed by atoms with van der Waals surface area (Å²) in [5.74, 6) is 0.260. The first-order valence-corrected chi connectivity index (χ1v) is 5.52. The quantitative estimate of drug-likeness (QED) is 0.843. The van der Waals surface area contributed by atoms with E-state index in [4.69, 9.17) is 4.42 Å². The van der Waals surface area contributed by atoms with E-state index < -0.39 is 5.91 Å². The Morgan fingerprint density at radius 1 is 1.39 bits per heavy atom. The average molecular weight is 249 g/mol. The van der Waals surface area contributed by atoms with E-state index in [1.54, 1.807) is 6.92 Å². The van der Waals surface area contributed by atoms with E-state index in [0.29, 0.717) is 11.5 Å². The largest absolute Gasteiger partial charge is 0.432 e. The molecule has 0 spiro atoms. The van der Waals surface area contributed by atoms with Crippen LogP contribution in [0.1, 0.15) is 42.9 Å². The zero-order chi connectivity index (χ0) is 13.3. The Balaban J connectivity index is 2.12. The molecule has 0 atom stereocenters. The number of carbonyl (C=O) groups is 1. The number of oxazole rings is 1. The van der Waals surface area contributed by atoms with Crippen molar-refractivity contribution in [1.29, 1.82) is 0 Å². The minimum absolute atomic E-state index is 0.0655. The number of nitrogens with zero attached hydrogens (tertiary/aromatic N) is 3. The molecule has 0 saturated carbocycles. The first kappa shape index (κ1) is 12.3. The summed E-state index contributed by atoms with van der Waals surface area (Å²) < 4.78 is 5.02. The minimum Gasteiger partial charge on any atom is -0.432 e. The molecule has 0 aliphatic carbocycles. The zero-order valence-electron chi connectivity index (χ0n) is 10.7. The number of hydrogen-bond donors (Lipinski definition) is 2. The average Bonchev–Trinajstić information content (AvgIpc) is 2.85. The van der Waals surface area contributed by atoms with Gasteiger partial charge in [0.25, 0.3) is 5.91 Å². The lowest BCUT2D eigenvalue weighted by Crippen LogP contribution is -2.16. The first-order valence-electron chi connectivity index (χ1n) is 5.52. The van der Waals surface area contributed by atoms with Gasteiger partial charge in [-0.1, -0.05) is 20.8 Å². The van der Waals surface area contributed by atoms with Crippen molar-refractivity contribution < 1.29 is 9.21 Å². The Morgan fingerprint density at radius 2 is 2.11 bits per heavy atom. The van der Waals surface area contributed by atoms with Crippen molar-refractivity contribution in [3.8, 4) is 0 Å². The van der Waals surface area contributed by atoms with Gasteiger partial charge in [-0.2, -0.15) is 4.98 Å². The van der Waals surface area contributed by atoms with Crippen molar-refractivity contribution >= 4 is 11.9 Å². The molecule has 0 saturated heterocycles. The van der Waals surface area contributed by atoms with Crippen LogP contribution in [0.5, 0.6) is 0 Å². The third-order valence-corrected chi connectivity index (χ3v) is 2.24. The van der Waals surface area contributed by atoms with Crippen LogP contribution in [0, 0.1) is 6.92 Å². The van der Waals surface area contributed by atoms with Gasteiger partial charge in [-0.3, -0.25) is 15.2 Å². The molecule has 2 aromatic heterocycles. The van der Waals surface area contributed by atoms with Gasteiger partial charge in [0.1, 0.15) is 12.1 Å². The summed E-state index contributed by atoms with van der Waals surface area (Å²) in [7, 11) is 0.